The lowest BCUT2D eigenvalue weighted by molar-refractivity contribution is -0.218. The van der Waals surface area contributed by atoms with Crippen LogP contribution in [0.2, 0.25) is 0 Å². The molecule has 0 radical (unpaired) electrons. The van der Waals surface area contributed by atoms with Crippen LogP contribution in [0.4, 0.5) is 0 Å². The number of ether oxygens (including phenoxy) is 4. The molecule has 9 atom stereocenters. The summed E-state index contributed by atoms with van der Waals surface area (Å²) in [6.07, 6.45) is 13.3. The minimum Gasteiger partial charge on any atom is -0.497 e. The van der Waals surface area contributed by atoms with Crippen molar-refractivity contribution < 1.29 is 43.5 Å². The van der Waals surface area contributed by atoms with Crippen molar-refractivity contribution in [3.05, 3.63) is 64.0 Å². The van der Waals surface area contributed by atoms with Crippen molar-refractivity contribution in [2.24, 2.45) is 50.2 Å². The minimum absolute atomic E-state index is 0.0218. The largest absolute Gasteiger partial charge is 0.497 e. The summed E-state index contributed by atoms with van der Waals surface area (Å²) in [5.41, 5.74) is 1.40. The molecule has 2 aromatic carbocycles. The van der Waals surface area contributed by atoms with E-state index in [0.29, 0.717) is 69.8 Å². The highest BCUT2D eigenvalue weighted by molar-refractivity contribution is 5.99. The number of fused-ring (bicyclic) bond motifs is 9. The number of carbonyl (C=O) groups is 1. The van der Waals surface area contributed by atoms with E-state index in [1.807, 2.05) is 26.0 Å². The number of allylic oxidation sites excluding steroid dienone is 2. The van der Waals surface area contributed by atoms with Crippen LogP contribution in [0.1, 0.15) is 126 Å². The van der Waals surface area contributed by atoms with Crippen LogP contribution in [0.5, 0.6) is 23.0 Å². The van der Waals surface area contributed by atoms with Crippen molar-refractivity contribution >= 4 is 23.0 Å². The zero-order valence-electron chi connectivity index (χ0n) is 39.6. The van der Waals surface area contributed by atoms with Crippen LogP contribution in [0.25, 0.3) is 28.2 Å². The van der Waals surface area contributed by atoms with Gasteiger partial charge < -0.3 is 38.7 Å². The van der Waals surface area contributed by atoms with Gasteiger partial charge in [0.1, 0.15) is 50.5 Å². The Labute approximate surface area is 373 Å². The van der Waals surface area contributed by atoms with Crippen molar-refractivity contribution in [3.63, 3.8) is 0 Å². The number of aliphatic hydroxyl groups is 2. The van der Waals surface area contributed by atoms with Gasteiger partial charge in [0, 0.05) is 6.07 Å². The number of hydrogen-bond acceptors (Lipinski definition) is 9. The molecule has 3 N–H and O–H groups in total. The minimum atomic E-state index is -1.04. The first-order valence-corrected chi connectivity index (χ1v) is 23.0. The topological polar surface area (TPSA) is 145 Å². The number of rotatable bonds is 5. The van der Waals surface area contributed by atoms with Gasteiger partial charge >= 0.3 is 11.6 Å². The smallest absolute Gasteiger partial charge is 0.347 e. The predicted octanol–water partition coefficient (Wildman–Crippen LogP) is 10.9. The standard InChI is InChI=1S/C30H48O4.C23H22O6/c1-25(2)14-15-30(24(33)34)19(16-25)18-8-9-21-27(5)12-11-22(31)26(3,4)20(27)10-13-28(21,6)29(18,7)17-23(30)32;1-23(2)11-10-15-16(29-23)12-17-19(20(15)26-4)21(27-5)18(22(24)28-17)13-6-8-14(25-3)9-7-13/h8,19-23,31-32H,9-17H2,1-7H3,(H,33,34);6-12H,1-5H3. The van der Waals surface area contributed by atoms with E-state index in [0.717, 1.165) is 50.5 Å². The first kappa shape index (κ1) is 45.3. The average Bonchev–Trinajstić information content (AvgIpc) is 3.21. The molecular formula is C53H70O10. The van der Waals surface area contributed by atoms with Crippen LogP contribution in [-0.4, -0.2) is 60.4 Å². The maximum Gasteiger partial charge on any atom is 0.347 e. The molecule has 10 nitrogen and oxygen atoms in total. The molecule has 0 bridgehead atoms. The summed E-state index contributed by atoms with van der Waals surface area (Å²) in [6.45, 7) is 20.3. The van der Waals surface area contributed by atoms with Crippen molar-refractivity contribution in [2.45, 2.75) is 138 Å². The van der Waals surface area contributed by atoms with Gasteiger partial charge in [0.2, 0.25) is 0 Å². The Kier molecular flexibility index (Phi) is 10.9. The molecule has 6 aliphatic rings. The summed E-state index contributed by atoms with van der Waals surface area (Å²) in [6, 6.07) is 8.84. The molecule has 1 aliphatic heterocycles. The van der Waals surface area contributed by atoms with Crippen LogP contribution in [-0.2, 0) is 4.79 Å². The van der Waals surface area contributed by atoms with Crippen LogP contribution in [0.15, 0.2) is 57.3 Å². The molecule has 2 heterocycles. The highest BCUT2D eigenvalue weighted by Crippen LogP contribution is 2.75. The van der Waals surface area contributed by atoms with Crippen molar-refractivity contribution in [2.75, 3.05) is 21.3 Å². The Morgan fingerprint density at radius 1 is 0.794 bits per heavy atom. The van der Waals surface area contributed by atoms with Gasteiger partial charge in [0.25, 0.3) is 0 Å². The molecule has 4 fully saturated rings. The molecule has 0 amide bonds. The summed E-state index contributed by atoms with van der Waals surface area (Å²) in [5.74, 6) is 2.28. The maximum atomic E-state index is 12.9. The van der Waals surface area contributed by atoms with Gasteiger partial charge in [-0.05, 0) is 146 Å². The number of carboxylic acid groups (broad SMARTS) is 1. The highest BCUT2D eigenvalue weighted by Gasteiger charge is 2.71. The van der Waals surface area contributed by atoms with Crippen molar-refractivity contribution in [1.82, 2.24) is 0 Å². The fraction of sp³-hybridized carbons (Fsp3) is 0.623. The van der Waals surface area contributed by atoms with Crippen LogP contribution < -0.4 is 24.6 Å². The van der Waals surface area contributed by atoms with Gasteiger partial charge in [-0.2, -0.15) is 0 Å². The molecule has 0 spiro atoms. The molecular weight excluding hydrogens is 797 g/mol. The van der Waals surface area contributed by atoms with Crippen LogP contribution in [0.3, 0.4) is 0 Å². The molecule has 10 heteroatoms. The first-order valence-electron chi connectivity index (χ1n) is 23.0. The van der Waals surface area contributed by atoms with Crippen molar-refractivity contribution in [1.29, 1.82) is 0 Å². The Morgan fingerprint density at radius 2 is 1.48 bits per heavy atom. The highest BCUT2D eigenvalue weighted by atomic mass is 16.5. The maximum absolute atomic E-state index is 12.9. The predicted molar refractivity (Wildman–Crippen MR) is 245 cm³/mol. The van der Waals surface area contributed by atoms with E-state index in [2.05, 4.69) is 54.5 Å². The van der Waals surface area contributed by atoms with E-state index >= 15 is 0 Å². The van der Waals surface area contributed by atoms with Gasteiger partial charge in [-0.25, -0.2) is 4.79 Å². The van der Waals surface area contributed by atoms with Crippen LogP contribution in [0, 0.1) is 50.2 Å². The van der Waals surface area contributed by atoms with E-state index in [4.69, 9.17) is 23.4 Å². The number of methoxy groups -OCH3 is 3. The molecule has 63 heavy (non-hydrogen) atoms. The summed E-state index contributed by atoms with van der Waals surface area (Å²) in [5, 5.41) is 33.6. The summed E-state index contributed by atoms with van der Waals surface area (Å²) < 4.78 is 28.3. The second kappa shape index (κ2) is 15.1. The second-order valence-corrected chi connectivity index (χ2v) is 22.4. The lowest BCUT2D eigenvalue weighted by atomic mass is 9.33. The molecule has 3 aromatic rings. The van der Waals surface area contributed by atoms with E-state index in [-0.39, 0.29) is 39.1 Å². The monoisotopic (exact) mass is 866 g/mol. The first-order chi connectivity index (χ1) is 29.4. The zero-order chi connectivity index (χ0) is 45.9. The lowest BCUT2D eigenvalue weighted by Gasteiger charge is -2.71. The second-order valence-electron chi connectivity index (χ2n) is 22.4. The number of aliphatic carboxylic acids is 1. The number of hydrogen-bond donors (Lipinski definition) is 3. The molecule has 1 aromatic heterocycles. The summed E-state index contributed by atoms with van der Waals surface area (Å²) in [7, 11) is 4.68. The van der Waals surface area contributed by atoms with Gasteiger partial charge in [-0.3, -0.25) is 4.79 Å². The lowest BCUT2D eigenvalue weighted by Crippen LogP contribution is -2.67. The summed E-state index contributed by atoms with van der Waals surface area (Å²) >= 11 is 0. The fourth-order valence-corrected chi connectivity index (χ4v) is 14.3. The van der Waals surface area contributed by atoms with Crippen molar-refractivity contribution in [3.8, 4) is 34.1 Å². The third kappa shape index (κ3) is 6.69. The molecule has 4 saturated carbocycles. The van der Waals surface area contributed by atoms with E-state index < -0.39 is 28.7 Å². The van der Waals surface area contributed by atoms with Gasteiger partial charge in [0.15, 0.2) is 0 Å². The van der Waals surface area contributed by atoms with Crippen LogP contribution >= 0.6 is 0 Å². The summed E-state index contributed by atoms with van der Waals surface area (Å²) in [4.78, 5) is 25.7. The Bertz CT molecular complexity index is 2420. The van der Waals surface area contributed by atoms with E-state index in [1.54, 1.807) is 44.6 Å². The van der Waals surface area contributed by atoms with Gasteiger partial charge in [-0.15, -0.1) is 0 Å². The zero-order valence-corrected chi connectivity index (χ0v) is 39.6. The third-order valence-corrected chi connectivity index (χ3v) is 18.0. The Hall–Kier alpha value is -4.28. The number of benzene rings is 2. The normalized spacial score (nSPS) is 35.4. The SMILES string of the molecule is CC1(C)CCC2(C(=O)O)C(O)CC3(C)C(=CCC4C5(C)CCC(O)C(C)(C)C5CCC43C)C2C1.COc1ccc(-c2c(OC)c3c(OC)c4c(cc3oc2=O)OC(C)(C)C=C4)cc1. The third-order valence-electron chi connectivity index (χ3n) is 18.0. The molecule has 9 unspecified atom stereocenters. The van der Waals surface area contributed by atoms with E-state index in [9.17, 15) is 24.9 Å². The number of aliphatic hydroxyl groups excluding tert-OH is 2. The quantitative estimate of drug-likeness (QED) is 0.167. The molecule has 5 aliphatic carbocycles. The molecule has 9 rings (SSSR count). The number of carboxylic acids is 1. The van der Waals surface area contributed by atoms with Gasteiger partial charge in [0.05, 0.1) is 39.1 Å². The Morgan fingerprint density at radius 3 is 2.11 bits per heavy atom. The fourth-order valence-electron chi connectivity index (χ4n) is 14.3. The Balaban J connectivity index is 0.000000175. The van der Waals surface area contributed by atoms with Gasteiger partial charge in [-0.1, -0.05) is 72.2 Å². The van der Waals surface area contributed by atoms with E-state index in [1.165, 1.54) is 12.7 Å². The molecule has 342 valence electrons. The molecule has 0 saturated heterocycles. The average molecular weight is 867 g/mol.